The zero-order valence-electron chi connectivity index (χ0n) is 18.0. The Hall–Kier alpha value is -0.160. The number of hydrogen-bond donors (Lipinski definition) is 2. The van der Waals surface area contributed by atoms with E-state index in [0.717, 1.165) is 6.67 Å². The predicted octanol–water partition coefficient (Wildman–Crippen LogP) is 3.18. The van der Waals surface area contributed by atoms with Crippen LogP contribution in [0.3, 0.4) is 0 Å². The van der Waals surface area contributed by atoms with E-state index in [1.807, 2.05) is 0 Å². The molecule has 0 aromatic carbocycles. The first-order chi connectivity index (χ1) is 11.3. The summed E-state index contributed by atoms with van der Waals surface area (Å²) >= 11 is 0. The molecule has 0 aromatic heterocycles. The number of rotatable bonds is 2. The van der Waals surface area contributed by atoms with Crippen molar-refractivity contribution in [3.8, 4) is 0 Å². The minimum absolute atomic E-state index is 0.235. The summed E-state index contributed by atoms with van der Waals surface area (Å²) in [5.74, 6) is 0. The van der Waals surface area contributed by atoms with Crippen molar-refractivity contribution in [3.63, 3.8) is 0 Å². The average molecular weight is 351 g/mol. The molecule has 0 bridgehead atoms. The monoisotopic (exact) mass is 350 g/mol. The molecule has 3 aliphatic rings. The fourth-order valence-electron chi connectivity index (χ4n) is 6.28. The molecule has 3 fully saturated rings. The smallest absolute Gasteiger partial charge is 0.0512 e. The van der Waals surface area contributed by atoms with E-state index in [-0.39, 0.29) is 22.2 Å². The van der Waals surface area contributed by atoms with Gasteiger partial charge < -0.3 is 10.6 Å². The van der Waals surface area contributed by atoms with E-state index in [9.17, 15) is 0 Å². The van der Waals surface area contributed by atoms with E-state index in [1.54, 1.807) is 0 Å². The van der Waals surface area contributed by atoms with Crippen molar-refractivity contribution in [2.45, 2.75) is 115 Å². The standard InChI is InChI=1S/C21H42N4/c1-18(2)11-16(12-19(3,4)22-18)24-9-10-25(15-24)17-13-20(5,6)23-21(7,8)14-17/h16-17,22-23H,9-15H2,1-8H3. The second-order valence-corrected chi connectivity index (χ2v) is 11.7. The van der Waals surface area contributed by atoms with Gasteiger partial charge in [-0.1, -0.05) is 0 Å². The second-order valence-electron chi connectivity index (χ2n) is 11.7. The third kappa shape index (κ3) is 4.77. The lowest BCUT2D eigenvalue weighted by atomic mass is 9.79. The van der Waals surface area contributed by atoms with Crippen molar-refractivity contribution in [2.75, 3.05) is 19.8 Å². The van der Waals surface area contributed by atoms with E-state index in [1.165, 1.54) is 38.8 Å². The lowest BCUT2D eigenvalue weighted by molar-refractivity contribution is 0.0421. The number of nitrogens with one attached hydrogen (secondary N) is 2. The van der Waals surface area contributed by atoms with E-state index in [0.29, 0.717) is 12.1 Å². The molecule has 0 radical (unpaired) electrons. The van der Waals surface area contributed by atoms with Crippen LogP contribution >= 0.6 is 0 Å². The van der Waals surface area contributed by atoms with Crippen LogP contribution in [-0.4, -0.2) is 63.8 Å². The summed E-state index contributed by atoms with van der Waals surface area (Å²) in [7, 11) is 0. The summed E-state index contributed by atoms with van der Waals surface area (Å²) in [5, 5.41) is 7.67. The SMILES string of the molecule is CC1(C)CC(N2CCN(C3CC(C)(C)NC(C)(C)C3)C2)CC(C)(C)N1. The quantitative estimate of drug-likeness (QED) is 0.801. The van der Waals surface area contributed by atoms with Crippen LogP contribution in [0.25, 0.3) is 0 Å². The molecule has 3 saturated heterocycles. The van der Waals surface area contributed by atoms with Crippen molar-refractivity contribution >= 4 is 0 Å². The van der Waals surface area contributed by atoms with Crippen LogP contribution in [0.15, 0.2) is 0 Å². The van der Waals surface area contributed by atoms with Gasteiger partial charge in [0.2, 0.25) is 0 Å². The number of nitrogens with zero attached hydrogens (tertiary/aromatic N) is 2. The van der Waals surface area contributed by atoms with E-state index in [2.05, 4.69) is 75.8 Å². The van der Waals surface area contributed by atoms with Gasteiger partial charge in [-0.05, 0) is 81.1 Å². The summed E-state index contributed by atoms with van der Waals surface area (Å²) in [5.41, 5.74) is 0.939. The van der Waals surface area contributed by atoms with Crippen molar-refractivity contribution in [2.24, 2.45) is 0 Å². The first kappa shape index (κ1) is 19.6. The third-order valence-corrected chi connectivity index (χ3v) is 6.41. The molecule has 0 saturated carbocycles. The van der Waals surface area contributed by atoms with Crippen molar-refractivity contribution in [3.05, 3.63) is 0 Å². The zero-order valence-corrected chi connectivity index (χ0v) is 18.0. The maximum absolute atomic E-state index is 3.83. The van der Waals surface area contributed by atoms with E-state index in [4.69, 9.17) is 0 Å². The van der Waals surface area contributed by atoms with Crippen LogP contribution in [0.2, 0.25) is 0 Å². The van der Waals surface area contributed by atoms with Crippen LogP contribution in [0.5, 0.6) is 0 Å². The van der Waals surface area contributed by atoms with Gasteiger partial charge in [-0.2, -0.15) is 0 Å². The van der Waals surface area contributed by atoms with Crippen LogP contribution < -0.4 is 10.6 Å². The Balaban J connectivity index is 1.65. The first-order valence-electron chi connectivity index (χ1n) is 10.3. The molecule has 3 aliphatic heterocycles. The van der Waals surface area contributed by atoms with Crippen molar-refractivity contribution in [1.82, 2.24) is 20.4 Å². The van der Waals surface area contributed by atoms with Gasteiger partial charge in [-0.3, -0.25) is 9.80 Å². The molecule has 3 heterocycles. The van der Waals surface area contributed by atoms with Crippen LogP contribution in [0.4, 0.5) is 0 Å². The molecule has 146 valence electrons. The van der Waals surface area contributed by atoms with Gasteiger partial charge in [0, 0.05) is 47.3 Å². The second kappa shape index (κ2) is 6.19. The highest BCUT2D eigenvalue weighted by Crippen LogP contribution is 2.36. The highest BCUT2D eigenvalue weighted by molar-refractivity contribution is 5.03. The van der Waals surface area contributed by atoms with Crippen LogP contribution in [0, 0.1) is 0 Å². The molecule has 0 aliphatic carbocycles. The zero-order chi connectivity index (χ0) is 18.7. The lowest BCUT2D eigenvalue weighted by Crippen LogP contribution is -2.63. The van der Waals surface area contributed by atoms with Crippen LogP contribution in [-0.2, 0) is 0 Å². The van der Waals surface area contributed by atoms with Gasteiger partial charge in [0.1, 0.15) is 0 Å². The van der Waals surface area contributed by atoms with Gasteiger partial charge in [0.05, 0.1) is 6.67 Å². The minimum Gasteiger partial charge on any atom is -0.307 e. The summed E-state index contributed by atoms with van der Waals surface area (Å²) in [6.45, 7) is 22.6. The molecule has 4 nitrogen and oxygen atoms in total. The Morgan fingerprint density at radius 1 is 0.560 bits per heavy atom. The van der Waals surface area contributed by atoms with Gasteiger partial charge >= 0.3 is 0 Å². The van der Waals surface area contributed by atoms with Gasteiger partial charge in [0.15, 0.2) is 0 Å². The Kier molecular flexibility index (Phi) is 4.85. The molecule has 0 atom stereocenters. The molecule has 2 N–H and O–H groups in total. The normalized spacial score (nSPS) is 33.6. The summed E-state index contributed by atoms with van der Waals surface area (Å²) < 4.78 is 0. The van der Waals surface area contributed by atoms with Gasteiger partial charge in [-0.15, -0.1) is 0 Å². The molecule has 0 aromatic rings. The Morgan fingerprint density at radius 2 is 0.840 bits per heavy atom. The Bertz CT molecular complexity index is 418. The Morgan fingerprint density at radius 3 is 1.12 bits per heavy atom. The fraction of sp³-hybridized carbons (Fsp3) is 1.00. The fourth-order valence-corrected chi connectivity index (χ4v) is 6.28. The van der Waals surface area contributed by atoms with E-state index < -0.39 is 0 Å². The van der Waals surface area contributed by atoms with Crippen LogP contribution in [0.1, 0.15) is 81.1 Å². The molecular weight excluding hydrogens is 308 g/mol. The molecule has 0 amide bonds. The average Bonchev–Trinajstić information content (AvgIpc) is 2.80. The molecule has 3 rings (SSSR count). The maximum atomic E-state index is 3.83. The molecule has 0 unspecified atom stereocenters. The molecule has 0 spiro atoms. The third-order valence-electron chi connectivity index (χ3n) is 6.41. The predicted molar refractivity (Wildman–Crippen MR) is 107 cm³/mol. The largest absolute Gasteiger partial charge is 0.307 e. The highest BCUT2D eigenvalue weighted by atomic mass is 15.4. The topological polar surface area (TPSA) is 30.5 Å². The minimum atomic E-state index is 0.235. The van der Waals surface area contributed by atoms with E-state index >= 15 is 0 Å². The van der Waals surface area contributed by atoms with Gasteiger partial charge in [0.25, 0.3) is 0 Å². The highest BCUT2D eigenvalue weighted by Gasteiger charge is 2.44. The lowest BCUT2D eigenvalue weighted by Gasteiger charge is -2.50. The maximum Gasteiger partial charge on any atom is 0.0512 e. The van der Waals surface area contributed by atoms with Crippen molar-refractivity contribution in [1.29, 1.82) is 0 Å². The Labute approximate surface area is 156 Å². The van der Waals surface area contributed by atoms with Gasteiger partial charge in [-0.25, -0.2) is 0 Å². The van der Waals surface area contributed by atoms with Crippen molar-refractivity contribution < 1.29 is 0 Å². The molecule has 25 heavy (non-hydrogen) atoms. The summed E-state index contributed by atoms with van der Waals surface area (Å²) in [4.78, 5) is 5.54. The first-order valence-corrected chi connectivity index (χ1v) is 10.3. The number of piperidine rings is 2. The summed E-state index contributed by atoms with van der Waals surface area (Å²) in [6, 6.07) is 1.41. The molecule has 4 heteroatoms. The number of hydrogen-bond acceptors (Lipinski definition) is 4. The summed E-state index contributed by atoms with van der Waals surface area (Å²) in [6.07, 6.45) is 5.03. The molecular formula is C21H42N4.